The molecule has 0 radical (unpaired) electrons. The number of hydrogen-bond donors (Lipinski definition) is 2. The minimum Gasteiger partial charge on any atom is -0.495 e. The molecule has 0 heterocycles. The Morgan fingerprint density at radius 1 is 1.15 bits per heavy atom. The fourth-order valence-corrected chi connectivity index (χ4v) is 2.90. The minimum atomic E-state index is -3.87. The second-order valence-electron chi connectivity index (χ2n) is 4.02. The van der Waals surface area contributed by atoms with Gasteiger partial charge in [0, 0.05) is 11.4 Å². The second-order valence-corrected chi connectivity index (χ2v) is 5.67. The van der Waals surface area contributed by atoms with Gasteiger partial charge in [-0.2, -0.15) is 0 Å². The Morgan fingerprint density at radius 2 is 1.80 bits per heavy atom. The van der Waals surface area contributed by atoms with Crippen LogP contribution in [0.2, 0.25) is 0 Å². The summed E-state index contributed by atoms with van der Waals surface area (Å²) in [6, 6.07) is 9.27. The van der Waals surface area contributed by atoms with Crippen LogP contribution in [0, 0.1) is 5.82 Å². The van der Waals surface area contributed by atoms with Crippen LogP contribution in [-0.2, 0) is 10.0 Å². The Hall–Kier alpha value is -2.28. The second kappa shape index (κ2) is 5.38. The van der Waals surface area contributed by atoms with Gasteiger partial charge in [-0.05, 0) is 42.5 Å². The van der Waals surface area contributed by atoms with Gasteiger partial charge in [-0.15, -0.1) is 0 Å². The maximum atomic E-state index is 12.8. The molecule has 0 aliphatic rings. The first-order valence-electron chi connectivity index (χ1n) is 5.64. The van der Waals surface area contributed by atoms with E-state index in [4.69, 9.17) is 10.5 Å². The van der Waals surface area contributed by atoms with Gasteiger partial charge in [0.15, 0.2) is 0 Å². The number of nitrogen functional groups attached to an aromatic ring is 1. The van der Waals surface area contributed by atoms with E-state index in [0.29, 0.717) is 5.69 Å². The molecule has 20 heavy (non-hydrogen) atoms. The summed E-state index contributed by atoms with van der Waals surface area (Å²) < 4.78 is 44.7. The molecular formula is C13H13FN2O3S. The predicted molar refractivity (Wildman–Crippen MR) is 74.6 cm³/mol. The van der Waals surface area contributed by atoms with Crippen molar-refractivity contribution < 1.29 is 17.5 Å². The molecule has 0 saturated carbocycles. The van der Waals surface area contributed by atoms with Crippen molar-refractivity contribution in [1.29, 1.82) is 0 Å². The molecule has 7 heteroatoms. The third-order valence-electron chi connectivity index (χ3n) is 2.57. The van der Waals surface area contributed by atoms with E-state index in [2.05, 4.69) is 4.72 Å². The van der Waals surface area contributed by atoms with Gasteiger partial charge in [-0.1, -0.05) is 0 Å². The number of nitrogens with one attached hydrogen (secondary N) is 1. The van der Waals surface area contributed by atoms with E-state index < -0.39 is 15.8 Å². The van der Waals surface area contributed by atoms with Crippen LogP contribution >= 0.6 is 0 Å². The lowest BCUT2D eigenvalue weighted by Crippen LogP contribution is -2.14. The lowest BCUT2D eigenvalue weighted by atomic mass is 10.3. The molecule has 0 spiro atoms. The molecule has 2 aromatic rings. The van der Waals surface area contributed by atoms with Crippen LogP contribution in [0.25, 0.3) is 0 Å². The molecule has 2 aromatic carbocycles. The van der Waals surface area contributed by atoms with Gasteiger partial charge in [0.25, 0.3) is 10.0 Å². The molecule has 0 aliphatic carbocycles. The van der Waals surface area contributed by atoms with E-state index in [-0.39, 0.29) is 16.3 Å². The number of sulfonamides is 1. The van der Waals surface area contributed by atoms with Gasteiger partial charge in [0.05, 0.1) is 7.11 Å². The van der Waals surface area contributed by atoms with Crippen molar-refractivity contribution in [2.45, 2.75) is 4.90 Å². The third kappa shape index (κ3) is 3.00. The van der Waals surface area contributed by atoms with Crippen LogP contribution in [-0.4, -0.2) is 15.5 Å². The number of methoxy groups -OCH3 is 1. The van der Waals surface area contributed by atoms with Gasteiger partial charge in [0.1, 0.15) is 16.5 Å². The van der Waals surface area contributed by atoms with Crippen LogP contribution in [0.1, 0.15) is 0 Å². The monoisotopic (exact) mass is 296 g/mol. The molecule has 3 N–H and O–H groups in total. The first kappa shape index (κ1) is 14.1. The van der Waals surface area contributed by atoms with Crippen molar-refractivity contribution in [3.05, 3.63) is 48.3 Å². The van der Waals surface area contributed by atoms with Crippen LogP contribution in [0.4, 0.5) is 15.8 Å². The molecule has 2 rings (SSSR count). The summed E-state index contributed by atoms with van der Waals surface area (Å²) in [5.41, 5.74) is 6.14. The number of rotatable bonds is 4. The fraction of sp³-hybridized carbons (Fsp3) is 0.0769. The first-order chi connectivity index (χ1) is 9.42. The fourth-order valence-electron chi connectivity index (χ4n) is 1.63. The Bertz CT molecular complexity index is 715. The minimum absolute atomic E-state index is 0.0793. The lowest BCUT2D eigenvalue weighted by Gasteiger charge is -2.12. The van der Waals surface area contributed by atoms with Gasteiger partial charge in [0.2, 0.25) is 0 Å². The predicted octanol–water partition coefficient (Wildman–Crippen LogP) is 2.22. The summed E-state index contributed by atoms with van der Waals surface area (Å²) in [7, 11) is -2.51. The normalized spacial score (nSPS) is 11.1. The highest BCUT2D eigenvalue weighted by atomic mass is 32.2. The average Bonchev–Trinajstić information content (AvgIpc) is 2.41. The number of anilines is 2. The summed E-state index contributed by atoms with van der Waals surface area (Å²) >= 11 is 0. The molecular weight excluding hydrogens is 283 g/mol. The molecule has 0 aromatic heterocycles. The van der Waals surface area contributed by atoms with E-state index in [1.807, 2.05) is 0 Å². The van der Waals surface area contributed by atoms with E-state index in [0.717, 1.165) is 12.1 Å². The van der Waals surface area contributed by atoms with Crippen molar-refractivity contribution >= 4 is 21.4 Å². The van der Waals surface area contributed by atoms with Crippen molar-refractivity contribution in [3.8, 4) is 5.75 Å². The standard InChI is InChI=1S/C13H13FN2O3S/c1-19-12-7-4-10(15)8-13(12)20(17,18)16-11-5-2-9(14)3-6-11/h2-8,16H,15H2,1H3. The zero-order chi connectivity index (χ0) is 14.8. The molecule has 0 bridgehead atoms. The summed E-state index contributed by atoms with van der Waals surface area (Å²) in [5.74, 6) is -0.275. The summed E-state index contributed by atoms with van der Waals surface area (Å²) in [6.45, 7) is 0. The van der Waals surface area contributed by atoms with Crippen LogP contribution < -0.4 is 15.2 Å². The molecule has 0 atom stereocenters. The lowest BCUT2D eigenvalue weighted by molar-refractivity contribution is 0.403. The maximum Gasteiger partial charge on any atom is 0.265 e. The molecule has 0 aliphatic heterocycles. The Morgan fingerprint density at radius 3 is 2.40 bits per heavy atom. The van der Waals surface area contributed by atoms with Crippen molar-refractivity contribution in [2.24, 2.45) is 0 Å². The highest BCUT2D eigenvalue weighted by Gasteiger charge is 2.20. The quantitative estimate of drug-likeness (QED) is 0.848. The van der Waals surface area contributed by atoms with Crippen molar-refractivity contribution in [2.75, 3.05) is 17.6 Å². The largest absolute Gasteiger partial charge is 0.495 e. The highest BCUT2D eigenvalue weighted by molar-refractivity contribution is 7.92. The smallest absolute Gasteiger partial charge is 0.265 e. The zero-order valence-electron chi connectivity index (χ0n) is 10.6. The first-order valence-corrected chi connectivity index (χ1v) is 7.12. The summed E-state index contributed by atoms with van der Waals surface area (Å²) in [4.78, 5) is -0.0793. The number of nitrogens with two attached hydrogens (primary N) is 1. The van der Waals surface area contributed by atoms with Crippen molar-refractivity contribution in [1.82, 2.24) is 0 Å². The third-order valence-corrected chi connectivity index (χ3v) is 3.98. The molecule has 0 fully saturated rings. The Kier molecular flexibility index (Phi) is 3.80. The number of benzene rings is 2. The van der Waals surface area contributed by atoms with E-state index in [9.17, 15) is 12.8 Å². The Labute approximate surface area is 116 Å². The molecule has 5 nitrogen and oxygen atoms in total. The highest BCUT2D eigenvalue weighted by Crippen LogP contribution is 2.27. The molecule has 0 saturated heterocycles. The molecule has 0 amide bonds. The van der Waals surface area contributed by atoms with Gasteiger partial charge < -0.3 is 10.5 Å². The SMILES string of the molecule is COc1ccc(N)cc1S(=O)(=O)Nc1ccc(F)cc1. The van der Waals surface area contributed by atoms with Crippen LogP contribution in [0.3, 0.4) is 0 Å². The molecule has 106 valence electrons. The van der Waals surface area contributed by atoms with E-state index >= 15 is 0 Å². The summed E-state index contributed by atoms with van der Waals surface area (Å²) in [5, 5.41) is 0. The average molecular weight is 296 g/mol. The molecule has 0 unspecified atom stereocenters. The topological polar surface area (TPSA) is 81.4 Å². The summed E-state index contributed by atoms with van der Waals surface area (Å²) in [6.07, 6.45) is 0. The zero-order valence-corrected chi connectivity index (χ0v) is 11.4. The van der Waals surface area contributed by atoms with Crippen LogP contribution in [0.15, 0.2) is 47.4 Å². The number of ether oxygens (including phenoxy) is 1. The van der Waals surface area contributed by atoms with E-state index in [1.54, 1.807) is 0 Å². The Balaban J connectivity index is 2.40. The maximum absolute atomic E-state index is 12.8. The van der Waals surface area contributed by atoms with E-state index in [1.165, 1.54) is 37.4 Å². The number of halogens is 1. The van der Waals surface area contributed by atoms with Gasteiger partial charge in [-0.3, -0.25) is 4.72 Å². The van der Waals surface area contributed by atoms with Gasteiger partial charge >= 0.3 is 0 Å². The number of hydrogen-bond acceptors (Lipinski definition) is 4. The van der Waals surface area contributed by atoms with Crippen LogP contribution in [0.5, 0.6) is 5.75 Å². The van der Waals surface area contributed by atoms with Gasteiger partial charge in [-0.25, -0.2) is 12.8 Å². The van der Waals surface area contributed by atoms with Crippen molar-refractivity contribution in [3.63, 3.8) is 0 Å².